The van der Waals surface area contributed by atoms with Crippen molar-refractivity contribution in [2.75, 3.05) is 7.11 Å². The Morgan fingerprint density at radius 3 is 2.67 bits per heavy atom. The van der Waals surface area contributed by atoms with Gasteiger partial charge < -0.3 is 9.84 Å². The molecule has 0 saturated carbocycles. The first-order valence-electron chi connectivity index (χ1n) is 3.89. The van der Waals surface area contributed by atoms with Gasteiger partial charge in [0.05, 0.1) is 18.0 Å². The largest absolute Gasteiger partial charge is 0.493 e. The quantitative estimate of drug-likeness (QED) is 0.865. The van der Waals surface area contributed by atoms with Gasteiger partial charge in [-0.15, -0.1) is 0 Å². The molecule has 1 N–H and O–H groups in total. The van der Waals surface area contributed by atoms with E-state index in [1.807, 2.05) is 0 Å². The van der Waals surface area contributed by atoms with Gasteiger partial charge in [-0.2, -0.15) is 0 Å². The van der Waals surface area contributed by atoms with E-state index in [2.05, 4.69) is 20.7 Å². The Balaban J connectivity index is 3.36. The maximum atomic E-state index is 13.4. The Bertz CT molecular complexity index is 407. The van der Waals surface area contributed by atoms with E-state index in [0.717, 1.165) is 13.2 Å². The lowest BCUT2D eigenvalue weighted by atomic mass is 10.1. The molecule has 1 aromatic carbocycles. The Kier molecular flexibility index (Phi) is 3.62. The number of hydrogen-bond acceptors (Lipinski definition) is 2. The Labute approximate surface area is 92.8 Å². The first kappa shape index (κ1) is 11.9. The summed E-state index contributed by atoms with van der Waals surface area (Å²) < 4.78 is 31.1. The fourth-order valence-corrected chi connectivity index (χ4v) is 1.60. The Morgan fingerprint density at radius 2 is 2.20 bits per heavy atom. The van der Waals surface area contributed by atoms with Crippen molar-refractivity contribution < 1.29 is 23.4 Å². The first-order valence-corrected chi connectivity index (χ1v) is 4.68. The molecule has 0 aliphatic carbocycles. The highest BCUT2D eigenvalue weighted by Crippen LogP contribution is 2.31. The molecule has 6 heteroatoms. The van der Waals surface area contributed by atoms with Crippen LogP contribution in [0.4, 0.5) is 8.78 Å². The van der Waals surface area contributed by atoms with Crippen LogP contribution in [0.25, 0.3) is 0 Å². The molecule has 0 unspecified atom stereocenters. The Hall–Kier alpha value is -1.17. The summed E-state index contributed by atoms with van der Waals surface area (Å²) >= 11 is 2.79. The highest BCUT2D eigenvalue weighted by molar-refractivity contribution is 9.10. The van der Waals surface area contributed by atoms with Gasteiger partial charge in [-0.25, -0.2) is 8.78 Å². The summed E-state index contributed by atoms with van der Waals surface area (Å²) in [4.78, 5) is 10.5. The monoisotopic (exact) mass is 280 g/mol. The van der Waals surface area contributed by atoms with Gasteiger partial charge in [-0.1, -0.05) is 0 Å². The molecule has 0 heterocycles. The van der Waals surface area contributed by atoms with Crippen LogP contribution in [0.15, 0.2) is 10.5 Å². The second-order valence-electron chi connectivity index (χ2n) is 2.74. The molecule has 0 fully saturated rings. The standard InChI is InChI=1S/C9H7BrF2O3/c1-15-9-4(2-7(13)14)8(12)5(10)3-6(9)11/h3H,2H2,1H3,(H,13,14). The number of ether oxygens (including phenoxy) is 1. The molecular formula is C9H7BrF2O3. The van der Waals surface area contributed by atoms with Crippen LogP contribution in [-0.4, -0.2) is 18.2 Å². The normalized spacial score (nSPS) is 10.1. The molecule has 0 atom stereocenters. The van der Waals surface area contributed by atoms with Crippen molar-refractivity contribution in [3.63, 3.8) is 0 Å². The van der Waals surface area contributed by atoms with Gasteiger partial charge in [-0.3, -0.25) is 4.79 Å². The van der Waals surface area contributed by atoms with Crippen molar-refractivity contribution in [2.45, 2.75) is 6.42 Å². The van der Waals surface area contributed by atoms with Gasteiger partial charge in [-0.05, 0) is 22.0 Å². The van der Waals surface area contributed by atoms with Gasteiger partial charge in [0, 0.05) is 5.56 Å². The van der Waals surface area contributed by atoms with Gasteiger partial charge in [0.1, 0.15) is 5.82 Å². The van der Waals surface area contributed by atoms with E-state index >= 15 is 0 Å². The third-order valence-electron chi connectivity index (χ3n) is 1.75. The van der Waals surface area contributed by atoms with E-state index in [9.17, 15) is 13.6 Å². The highest BCUT2D eigenvalue weighted by atomic mass is 79.9. The molecule has 82 valence electrons. The fourth-order valence-electron chi connectivity index (χ4n) is 1.16. The summed E-state index contributed by atoms with van der Waals surface area (Å²) in [5, 5.41) is 8.53. The average Bonchev–Trinajstić information content (AvgIpc) is 2.13. The summed E-state index contributed by atoms with van der Waals surface area (Å²) in [5.41, 5.74) is -0.308. The number of halogens is 3. The molecule has 0 amide bonds. The number of rotatable bonds is 3. The molecule has 0 aromatic heterocycles. The van der Waals surface area contributed by atoms with Crippen molar-refractivity contribution >= 4 is 21.9 Å². The summed E-state index contributed by atoms with van der Waals surface area (Å²) in [6.07, 6.45) is -0.634. The maximum Gasteiger partial charge on any atom is 0.308 e. The minimum Gasteiger partial charge on any atom is -0.493 e. The van der Waals surface area contributed by atoms with Crippen LogP contribution in [-0.2, 0) is 11.2 Å². The molecule has 0 saturated heterocycles. The predicted molar refractivity (Wildman–Crippen MR) is 51.9 cm³/mol. The van der Waals surface area contributed by atoms with Crippen LogP contribution in [0.1, 0.15) is 5.56 Å². The van der Waals surface area contributed by atoms with E-state index in [4.69, 9.17) is 5.11 Å². The van der Waals surface area contributed by atoms with E-state index in [1.54, 1.807) is 0 Å². The fraction of sp³-hybridized carbons (Fsp3) is 0.222. The number of hydrogen-bond donors (Lipinski definition) is 1. The van der Waals surface area contributed by atoms with Crippen molar-refractivity contribution in [2.24, 2.45) is 0 Å². The SMILES string of the molecule is COc1c(F)cc(Br)c(F)c1CC(=O)O. The zero-order valence-corrected chi connectivity index (χ0v) is 9.27. The van der Waals surface area contributed by atoms with Gasteiger partial charge in [0.2, 0.25) is 0 Å². The number of carboxylic acids is 1. The minimum atomic E-state index is -1.26. The third-order valence-corrected chi connectivity index (χ3v) is 2.33. The van der Waals surface area contributed by atoms with Gasteiger partial charge in [0.15, 0.2) is 11.6 Å². The van der Waals surface area contributed by atoms with Crippen LogP contribution >= 0.6 is 15.9 Å². The van der Waals surface area contributed by atoms with Crippen molar-refractivity contribution in [3.8, 4) is 5.75 Å². The minimum absolute atomic E-state index is 0.128. The second kappa shape index (κ2) is 4.57. The lowest BCUT2D eigenvalue weighted by Crippen LogP contribution is -2.07. The molecule has 0 radical (unpaired) electrons. The third kappa shape index (κ3) is 2.44. The molecule has 0 aliphatic heterocycles. The number of aliphatic carboxylic acids is 1. The molecule has 1 rings (SSSR count). The van der Waals surface area contributed by atoms with E-state index in [-0.39, 0.29) is 15.8 Å². The van der Waals surface area contributed by atoms with Crippen LogP contribution in [0.2, 0.25) is 0 Å². The summed E-state index contributed by atoms with van der Waals surface area (Å²) in [6, 6.07) is 0.888. The summed E-state index contributed by atoms with van der Waals surface area (Å²) in [5.74, 6) is -3.26. The van der Waals surface area contributed by atoms with Crippen molar-refractivity contribution in [1.29, 1.82) is 0 Å². The predicted octanol–water partition coefficient (Wildman–Crippen LogP) is 2.36. The Morgan fingerprint density at radius 1 is 1.60 bits per heavy atom. The molecule has 0 aliphatic rings. The number of methoxy groups -OCH3 is 1. The van der Waals surface area contributed by atoms with Gasteiger partial charge in [0.25, 0.3) is 0 Å². The first-order chi connectivity index (χ1) is 6.97. The van der Waals surface area contributed by atoms with E-state index in [0.29, 0.717) is 0 Å². The molecule has 1 aromatic rings. The molecule has 0 bridgehead atoms. The van der Waals surface area contributed by atoms with Crippen molar-refractivity contribution in [1.82, 2.24) is 0 Å². The highest BCUT2D eigenvalue weighted by Gasteiger charge is 2.20. The van der Waals surface area contributed by atoms with Gasteiger partial charge >= 0.3 is 5.97 Å². The summed E-state index contributed by atoms with van der Waals surface area (Å²) in [6.45, 7) is 0. The molecular weight excluding hydrogens is 274 g/mol. The lowest BCUT2D eigenvalue weighted by Gasteiger charge is -2.10. The second-order valence-corrected chi connectivity index (χ2v) is 3.59. The zero-order chi connectivity index (χ0) is 11.6. The maximum absolute atomic E-state index is 13.4. The summed E-state index contributed by atoms with van der Waals surface area (Å²) in [7, 11) is 1.15. The average molecular weight is 281 g/mol. The number of carbonyl (C=O) groups is 1. The smallest absolute Gasteiger partial charge is 0.308 e. The van der Waals surface area contributed by atoms with Crippen molar-refractivity contribution in [3.05, 3.63) is 27.7 Å². The van der Waals surface area contributed by atoms with E-state index < -0.39 is 24.0 Å². The zero-order valence-electron chi connectivity index (χ0n) is 7.68. The van der Waals surface area contributed by atoms with Crippen LogP contribution < -0.4 is 4.74 Å². The number of carboxylic acid groups (broad SMARTS) is 1. The van der Waals surface area contributed by atoms with Crippen LogP contribution in [0, 0.1) is 11.6 Å². The molecule has 15 heavy (non-hydrogen) atoms. The topological polar surface area (TPSA) is 46.5 Å². The molecule has 3 nitrogen and oxygen atoms in total. The lowest BCUT2D eigenvalue weighted by molar-refractivity contribution is -0.136. The van der Waals surface area contributed by atoms with Crippen LogP contribution in [0.3, 0.4) is 0 Å². The van der Waals surface area contributed by atoms with Crippen LogP contribution in [0.5, 0.6) is 5.75 Å². The van der Waals surface area contributed by atoms with E-state index in [1.165, 1.54) is 0 Å². The molecule has 0 spiro atoms. The number of benzene rings is 1.